The molecule has 12 nitrogen and oxygen atoms in total. The van der Waals surface area contributed by atoms with Gasteiger partial charge in [0.05, 0.1) is 17.6 Å². The molecule has 1 aliphatic carbocycles. The average molecular weight is 781 g/mol. The Kier molecular flexibility index (Phi) is 8.86. The van der Waals surface area contributed by atoms with Crippen LogP contribution in [0.2, 0.25) is 5.02 Å². The second-order valence-corrected chi connectivity index (χ2v) is 16.6. The molecule has 3 aromatic carbocycles. The van der Waals surface area contributed by atoms with Crippen LogP contribution in [0, 0.1) is 6.92 Å². The number of rotatable bonds is 9. The summed E-state index contributed by atoms with van der Waals surface area (Å²) in [6, 6.07) is 20.8. The van der Waals surface area contributed by atoms with Gasteiger partial charge in [-0.1, -0.05) is 48.5 Å². The van der Waals surface area contributed by atoms with Crippen LogP contribution in [0.4, 0.5) is 5.69 Å². The third-order valence-electron chi connectivity index (χ3n) is 12.4. The van der Waals surface area contributed by atoms with Crippen LogP contribution in [0.25, 0.3) is 22.5 Å². The first kappa shape index (κ1) is 35.8. The highest BCUT2D eigenvalue weighted by atomic mass is 35.5. The molecule has 1 saturated carbocycles. The monoisotopic (exact) mass is 780 g/mol. The fourth-order valence-corrected chi connectivity index (χ4v) is 9.26. The first-order valence-electron chi connectivity index (χ1n) is 20.1. The van der Waals surface area contributed by atoms with Crippen molar-refractivity contribution in [3.8, 4) is 16.8 Å². The van der Waals surface area contributed by atoms with E-state index in [0.717, 1.165) is 121 Å². The van der Waals surface area contributed by atoms with E-state index < -0.39 is 0 Å². The van der Waals surface area contributed by atoms with Crippen LogP contribution in [0.15, 0.2) is 84.6 Å². The quantitative estimate of drug-likeness (QED) is 0.163. The third-order valence-corrected chi connectivity index (χ3v) is 12.7. The number of likely N-dealkylation sites (tertiary alicyclic amines) is 1. The highest BCUT2D eigenvalue weighted by molar-refractivity contribution is 6.30. The fourth-order valence-electron chi connectivity index (χ4n) is 9.13. The lowest BCUT2D eigenvalue weighted by Gasteiger charge is -2.33. The van der Waals surface area contributed by atoms with E-state index in [1.807, 2.05) is 25.3 Å². The van der Waals surface area contributed by atoms with Crippen molar-refractivity contribution in [2.45, 2.75) is 82.6 Å². The molecular weight excluding hydrogens is 736 g/mol. The molecule has 2 aromatic heterocycles. The Bertz CT molecular complexity index is 2450. The van der Waals surface area contributed by atoms with Gasteiger partial charge in [-0.2, -0.15) is 5.10 Å². The van der Waals surface area contributed by atoms with Crippen molar-refractivity contribution in [2.75, 3.05) is 25.0 Å². The highest BCUT2D eigenvalue weighted by Gasteiger charge is 2.51. The number of nitrogens with one attached hydrogen (secondary N) is 2. The molecule has 4 aliphatic heterocycles. The van der Waals surface area contributed by atoms with Gasteiger partial charge in [-0.3, -0.25) is 29.1 Å². The summed E-state index contributed by atoms with van der Waals surface area (Å²) >= 11 is 6.30. The lowest BCUT2D eigenvalue weighted by atomic mass is 9.96. The molecule has 5 aromatic rings. The molecule has 0 radical (unpaired) electrons. The zero-order chi connectivity index (χ0) is 38.8. The Morgan fingerprint density at radius 2 is 1.75 bits per heavy atom. The Labute approximate surface area is 336 Å². The number of halogens is 1. The number of anilines is 1. The molecule has 2 amide bonds. The molecule has 0 bridgehead atoms. The molecule has 2 N–H and O–H groups in total. The number of aromatic nitrogens is 5. The van der Waals surface area contributed by atoms with Gasteiger partial charge in [0.1, 0.15) is 17.4 Å². The van der Waals surface area contributed by atoms with E-state index >= 15 is 0 Å². The van der Waals surface area contributed by atoms with Gasteiger partial charge in [0.25, 0.3) is 0 Å². The summed E-state index contributed by atoms with van der Waals surface area (Å²) in [5.74, 6) is 1.35. The molecule has 1 spiro atoms. The van der Waals surface area contributed by atoms with E-state index in [1.54, 1.807) is 0 Å². The maximum absolute atomic E-state index is 12.6. The number of carbonyl (C=O) groups excluding carboxylic acids is 2. The molecule has 2 saturated heterocycles. The van der Waals surface area contributed by atoms with Crippen molar-refractivity contribution < 1.29 is 9.59 Å². The minimum absolute atomic E-state index is 0.199. The average Bonchev–Trinajstić information content (AvgIpc) is 3.49. The van der Waals surface area contributed by atoms with Gasteiger partial charge in [-0.25, -0.2) is 0 Å². The molecule has 13 heteroatoms. The summed E-state index contributed by atoms with van der Waals surface area (Å²) in [5.41, 5.74) is 10.1. The summed E-state index contributed by atoms with van der Waals surface area (Å²) in [6.07, 6.45) is 10.0. The number of benzene rings is 3. The summed E-state index contributed by atoms with van der Waals surface area (Å²) in [4.78, 5) is 34.4. The van der Waals surface area contributed by atoms with Crippen LogP contribution in [-0.4, -0.2) is 83.6 Å². The van der Waals surface area contributed by atoms with Crippen LogP contribution in [0.3, 0.4) is 0 Å². The predicted molar refractivity (Wildman–Crippen MR) is 220 cm³/mol. The van der Waals surface area contributed by atoms with Crippen molar-refractivity contribution >= 4 is 40.5 Å². The number of hydrogen-bond donors (Lipinski definition) is 2. The van der Waals surface area contributed by atoms with Crippen molar-refractivity contribution in [2.24, 2.45) is 4.99 Å². The van der Waals surface area contributed by atoms with E-state index in [9.17, 15) is 9.59 Å². The van der Waals surface area contributed by atoms with Crippen molar-refractivity contribution in [1.82, 2.24) is 39.7 Å². The summed E-state index contributed by atoms with van der Waals surface area (Å²) in [6.45, 7) is 10.9. The topological polar surface area (TPSA) is 126 Å². The number of aliphatic imine (C=N–C) groups is 1. The predicted octanol–water partition coefficient (Wildman–Crippen LogP) is 6.49. The maximum atomic E-state index is 12.6. The largest absolute Gasteiger partial charge is 0.382 e. The summed E-state index contributed by atoms with van der Waals surface area (Å²) in [7, 11) is 0. The number of hydrogen-bond acceptors (Lipinski definition) is 9. The normalized spacial score (nSPS) is 20.2. The van der Waals surface area contributed by atoms with Gasteiger partial charge in [0.15, 0.2) is 5.82 Å². The van der Waals surface area contributed by atoms with Crippen LogP contribution in [0.1, 0.15) is 78.8 Å². The summed E-state index contributed by atoms with van der Waals surface area (Å²) < 4.78 is 4.25. The smallest absolute Gasteiger partial charge is 0.249 e. The number of aryl methyl sites for hydroxylation is 2. The number of imide groups is 1. The Hall–Kier alpha value is -5.59. The zero-order valence-corrected chi connectivity index (χ0v) is 32.8. The molecule has 290 valence electrons. The first-order chi connectivity index (χ1) is 27.7. The second kappa shape index (κ2) is 14.1. The van der Waals surface area contributed by atoms with Crippen LogP contribution in [-0.2, 0) is 28.2 Å². The highest BCUT2D eigenvalue weighted by Crippen LogP contribution is 2.52. The minimum atomic E-state index is -0.367. The molecule has 3 fully saturated rings. The van der Waals surface area contributed by atoms with Gasteiger partial charge in [0.2, 0.25) is 11.8 Å². The van der Waals surface area contributed by atoms with Crippen LogP contribution < -0.4 is 10.6 Å². The fraction of sp³-hybridized carbons (Fsp3) is 0.364. The van der Waals surface area contributed by atoms with Crippen molar-refractivity contribution in [1.29, 1.82) is 0 Å². The van der Waals surface area contributed by atoms with E-state index in [-0.39, 0.29) is 23.4 Å². The van der Waals surface area contributed by atoms with Gasteiger partial charge in [0, 0.05) is 89.1 Å². The number of fused-ring (bicyclic) bond motifs is 5. The van der Waals surface area contributed by atoms with Gasteiger partial charge >= 0.3 is 0 Å². The molecule has 6 heterocycles. The molecular formula is C44H45ClN10O2. The number of piperidine rings is 2. The van der Waals surface area contributed by atoms with Gasteiger partial charge in [-0.15, -0.1) is 10.2 Å². The number of amides is 2. The van der Waals surface area contributed by atoms with Gasteiger partial charge in [-0.05, 0) is 87.9 Å². The summed E-state index contributed by atoms with van der Waals surface area (Å²) in [5, 5.41) is 20.9. The van der Waals surface area contributed by atoms with E-state index in [4.69, 9.17) is 21.7 Å². The van der Waals surface area contributed by atoms with Crippen LogP contribution in [0.5, 0.6) is 0 Å². The van der Waals surface area contributed by atoms with E-state index in [0.29, 0.717) is 30.5 Å². The molecule has 1 unspecified atom stereocenters. The SMILES string of the molecule is C=C1c2cccc(NC3CCN(CCCn4cc(-c5ccc6c(c5)C(c5ccc(Cl)cc5)=NC5(CC5)c5nnc(C)n5-6)cn4)CC3)c2CN1C1CCC(=O)NC1=O. The lowest BCUT2D eigenvalue weighted by molar-refractivity contribution is -0.136. The minimum Gasteiger partial charge on any atom is -0.382 e. The van der Waals surface area contributed by atoms with Crippen LogP contribution >= 0.6 is 11.6 Å². The number of carbonyl (C=O) groups is 2. The Morgan fingerprint density at radius 3 is 2.54 bits per heavy atom. The Balaban J connectivity index is 0.772. The number of nitrogens with zero attached hydrogens (tertiary/aromatic N) is 8. The standard InChI is InChI=1S/C44H45ClN10O2/c1-27-34-5-3-6-37(36(34)26-54(27)39-13-14-40(56)48-42(39)57)47-33-15-21-52(22-16-33)19-4-20-53-25-31(24-46-53)30-9-12-38-35(23-30)41(29-7-10-32(45)11-8-29)49-44(17-18-44)43-51-50-28(2)55(38)43/h3,5-12,23-25,33,39,47H,1,4,13-22,26H2,2H3,(H,48,56,57). The second-order valence-electron chi connectivity index (χ2n) is 16.1. The lowest BCUT2D eigenvalue weighted by Crippen LogP contribution is -2.50. The van der Waals surface area contributed by atoms with Crippen molar-refractivity contribution in [3.05, 3.63) is 119 Å². The Morgan fingerprint density at radius 1 is 0.947 bits per heavy atom. The third kappa shape index (κ3) is 6.54. The maximum Gasteiger partial charge on any atom is 0.249 e. The van der Waals surface area contributed by atoms with E-state index in [2.05, 4.69) is 101 Å². The van der Waals surface area contributed by atoms with Crippen molar-refractivity contribution in [3.63, 3.8) is 0 Å². The molecule has 1 atom stereocenters. The van der Waals surface area contributed by atoms with Gasteiger partial charge < -0.3 is 15.1 Å². The zero-order valence-electron chi connectivity index (χ0n) is 32.0. The van der Waals surface area contributed by atoms with E-state index in [1.165, 1.54) is 5.56 Å². The molecule has 10 rings (SSSR count). The molecule has 5 aliphatic rings. The first-order valence-corrected chi connectivity index (χ1v) is 20.5. The molecule has 57 heavy (non-hydrogen) atoms.